The van der Waals surface area contributed by atoms with Crippen LogP contribution >= 0.6 is 0 Å². The Morgan fingerprint density at radius 1 is 1.50 bits per heavy atom. The molecule has 0 bridgehead atoms. The number of ether oxygens (including phenoxy) is 1. The monoisotopic (exact) mass is 317 g/mol. The van der Waals surface area contributed by atoms with E-state index in [2.05, 4.69) is 10.3 Å². The lowest BCUT2D eigenvalue weighted by Gasteiger charge is -2.16. The van der Waals surface area contributed by atoms with Gasteiger partial charge in [-0.1, -0.05) is 0 Å². The summed E-state index contributed by atoms with van der Waals surface area (Å²) in [7, 11) is 1.57. The molecule has 1 amide bonds. The number of hydrogen-bond donors (Lipinski definition) is 1. The summed E-state index contributed by atoms with van der Waals surface area (Å²) >= 11 is 0. The van der Waals surface area contributed by atoms with Gasteiger partial charge >= 0.3 is 6.18 Å². The van der Waals surface area contributed by atoms with Crippen LogP contribution < -0.4 is 5.32 Å². The van der Waals surface area contributed by atoms with Gasteiger partial charge in [0.25, 0.3) is 0 Å². The quantitative estimate of drug-likeness (QED) is 0.872. The number of halogens is 3. The summed E-state index contributed by atoms with van der Waals surface area (Å²) in [4.78, 5) is 17.3. The van der Waals surface area contributed by atoms with E-state index in [1.807, 2.05) is 0 Å². The topological polar surface area (TPSA) is 54.5 Å². The molecule has 1 unspecified atom stereocenters. The molecule has 2 rings (SSSR count). The summed E-state index contributed by atoms with van der Waals surface area (Å²) in [6, 6.07) is 1.90. The molecule has 1 saturated heterocycles. The molecule has 122 valence electrons. The number of carbonyl (C=O) groups excluding carboxylic acids is 1. The molecule has 1 aliphatic heterocycles. The van der Waals surface area contributed by atoms with Crippen LogP contribution in [0.5, 0.6) is 0 Å². The van der Waals surface area contributed by atoms with Gasteiger partial charge in [-0.3, -0.25) is 4.79 Å². The van der Waals surface area contributed by atoms with Gasteiger partial charge in [0.1, 0.15) is 5.82 Å². The van der Waals surface area contributed by atoms with Crippen molar-refractivity contribution in [1.29, 1.82) is 0 Å². The largest absolute Gasteiger partial charge is 0.416 e. The number of likely N-dealkylation sites (tertiary alicyclic amines) is 1. The SMILES string of the molecule is COCCN1CC(CNc2cc(C(F)(F)F)ccn2)CC1=O. The summed E-state index contributed by atoms with van der Waals surface area (Å²) in [5.41, 5.74) is -0.741. The van der Waals surface area contributed by atoms with Crippen LogP contribution in [-0.4, -0.2) is 49.1 Å². The first kappa shape index (κ1) is 16.5. The second-order valence-corrected chi connectivity index (χ2v) is 5.21. The van der Waals surface area contributed by atoms with Crippen LogP contribution in [-0.2, 0) is 15.7 Å². The maximum absolute atomic E-state index is 12.6. The zero-order valence-electron chi connectivity index (χ0n) is 12.2. The van der Waals surface area contributed by atoms with Gasteiger partial charge in [0, 0.05) is 45.3 Å². The molecule has 1 aliphatic rings. The van der Waals surface area contributed by atoms with E-state index in [0.29, 0.717) is 32.7 Å². The average Bonchev–Trinajstić information content (AvgIpc) is 2.83. The summed E-state index contributed by atoms with van der Waals surface area (Å²) in [5.74, 6) is 0.263. The third-order valence-corrected chi connectivity index (χ3v) is 3.52. The molecule has 1 aromatic rings. The first-order valence-corrected chi connectivity index (χ1v) is 6.94. The third kappa shape index (κ3) is 4.33. The zero-order chi connectivity index (χ0) is 16.2. The van der Waals surface area contributed by atoms with Gasteiger partial charge in [-0.15, -0.1) is 0 Å². The van der Waals surface area contributed by atoms with Crippen LogP contribution in [0.4, 0.5) is 19.0 Å². The van der Waals surface area contributed by atoms with Crippen LogP contribution in [0.1, 0.15) is 12.0 Å². The molecular weight excluding hydrogens is 299 g/mol. The van der Waals surface area contributed by atoms with Crippen molar-refractivity contribution in [2.75, 3.05) is 38.7 Å². The number of nitrogens with one attached hydrogen (secondary N) is 1. The number of amides is 1. The molecule has 5 nitrogen and oxygen atoms in total. The van der Waals surface area contributed by atoms with E-state index in [1.54, 1.807) is 12.0 Å². The van der Waals surface area contributed by atoms with E-state index < -0.39 is 11.7 Å². The maximum Gasteiger partial charge on any atom is 0.416 e. The molecule has 1 atom stereocenters. The van der Waals surface area contributed by atoms with E-state index in [1.165, 1.54) is 0 Å². The van der Waals surface area contributed by atoms with Crippen molar-refractivity contribution in [3.8, 4) is 0 Å². The molecule has 0 radical (unpaired) electrons. The summed E-state index contributed by atoms with van der Waals surface area (Å²) in [5, 5.41) is 2.88. The van der Waals surface area contributed by atoms with Crippen LogP contribution in [0.15, 0.2) is 18.3 Å². The summed E-state index contributed by atoms with van der Waals surface area (Å²) < 4.78 is 42.8. The van der Waals surface area contributed by atoms with Crippen molar-refractivity contribution in [3.05, 3.63) is 23.9 Å². The smallest absolute Gasteiger partial charge is 0.383 e. The molecule has 0 saturated carbocycles. The lowest BCUT2D eigenvalue weighted by Crippen LogP contribution is -2.29. The highest BCUT2D eigenvalue weighted by Gasteiger charge is 2.31. The van der Waals surface area contributed by atoms with Crippen molar-refractivity contribution in [2.24, 2.45) is 5.92 Å². The second kappa shape index (κ2) is 6.95. The van der Waals surface area contributed by atoms with Gasteiger partial charge < -0.3 is 15.0 Å². The van der Waals surface area contributed by atoms with E-state index in [0.717, 1.165) is 18.3 Å². The van der Waals surface area contributed by atoms with Crippen LogP contribution in [0.3, 0.4) is 0 Å². The fourth-order valence-electron chi connectivity index (χ4n) is 2.36. The standard InChI is InChI=1S/C14H18F3N3O2/c1-22-5-4-20-9-10(6-13(20)21)8-19-12-7-11(2-3-18-12)14(15,16)17/h2-3,7,10H,4-6,8-9H2,1H3,(H,18,19). The molecule has 0 aliphatic carbocycles. The lowest BCUT2D eigenvalue weighted by atomic mass is 10.1. The number of rotatable bonds is 6. The Hall–Kier alpha value is -1.83. The Morgan fingerprint density at radius 3 is 2.95 bits per heavy atom. The van der Waals surface area contributed by atoms with Crippen molar-refractivity contribution in [3.63, 3.8) is 0 Å². The van der Waals surface area contributed by atoms with Gasteiger partial charge in [0.15, 0.2) is 0 Å². The second-order valence-electron chi connectivity index (χ2n) is 5.21. The fraction of sp³-hybridized carbons (Fsp3) is 0.571. The van der Waals surface area contributed by atoms with Gasteiger partial charge in [-0.25, -0.2) is 4.98 Å². The third-order valence-electron chi connectivity index (χ3n) is 3.52. The van der Waals surface area contributed by atoms with Gasteiger partial charge in [0.05, 0.1) is 12.2 Å². The number of pyridine rings is 1. The van der Waals surface area contributed by atoms with E-state index in [-0.39, 0.29) is 17.6 Å². The van der Waals surface area contributed by atoms with Crippen LogP contribution in [0.25, 0.3) is 0 Å². The number of alkyl halides is 3. The lowest BCUT2D eigenvalue weighted by molar-refractivity contribution is -0.137. The van der Waals surface area contributed by atoms with Gasteiger partial charge in [0.2, 0.25) is 5.91 Å². The number of aromatic nitrogens is 1. The molecule has 2 heterocycles. The summed E-state index contributed by atoms with van der Waals surface area (Å²) in [6.45, 7) is 1.99. The normalized spacial score (nSPS) is 18.8. The Morgan fingerprint density at radius 2 is 2.27 bits per heavy atom. The maximum atomic E-state index is 12.6. The minimum absolute atomic E-state index is 0.0425. The molecule has 22 heavy (non-hydrogen) atoms. The highest BCUT2D eigenvalue weighted by molar-refractivity contribution is 5.78. The predicted octanol–water partition coefficient (Wildman–Crippen LogP) is 2.01. The van der Waals surface area contributed by atoms with Crippen LogP contribution in [0.2, 0.25) is 0 Å². The van der Waals surface area contributed by atoms with Crippen molar-refractivity contribution in [1.82, 2.24) is 9.88 Å². The van der Waals surface area contributed by atoms with Gasteiger partial charge in [-0.2, -0.15) is 13.2 Å². The average molecular weight is 317 g/mol. The zero-order valence-corrected chi connectivity index (χ0v) is 12.2. The number of carbonyl (C=O) groups is 1. The van der Waals surface area contributed by atoms with Gasteiger partial charge in [-0.05, 0) is 12.1 Å². The molecule has 0 spiro atoms. The molecule has 1 N–H and O–H groups in total. The Labute approximate surface area is 126 Å². The number of anilines is 1. The molecule has 8 heteroatoms. The molecule has 1 aromatic heterocycles. The van der Waals surface area contributed by atoms with E-state index >= 15 is 0 Å². The Balaban J connectivity index is 1.87. The van der Waals surface area contributed by atoms with Crippen molar-refractivity contribution >= 4 is 11.7 Å². The van der Waals surface area contributed by atoms with E-state index in [4.69, 9.17) is 4.74 Å². The first-order chi connectivity index (χ1) is 10.4. The number of methoxy groups -OCH3 is 1. The van der Waals surface area contributed by atoms with Crippen molar-refractivity contribution in [2.45, 2.75) is 12.6 Å². The Kier molecular flexibility index (Phi) is 5.23. The van der Waals surface area contributed by atoms with E-state index in [9.17, 15) is 18.0 Å². The summed E-state index contributed by atoms with van der Waals surface area (Å²) in [6.07, 6.45) is -2.88. The number of hydrogen-bond acceptors (Lipinski definition) is 4. The van der Waals surface area contributed by atoms with Crippen molar-refractivity contribution < 1.29 is 22.7 Å². The highest BCUT2D eigenvalue weighted by Crippen LogP contribution is 2.30. The van der Waals surface area contributed by atoms with Crippen LogP contribution in [0, 0.1) is 5.92 Å². The molecular formula is C14H18F3N3O2. The Bertz CT molecular complexity index is 522. The minimum Gasteiger partial charge on any atom is -0.383 e. The minimum atomic E-state index is -4.39. The number of nitrogens with zero attached hydrogens (tertiary/aromatic N) is 2. The predicted molar refractivity (Wildman–Crippen MR) is 74.3 cm³/mol. The first-order valence-electron chi connectivity index (χ1n) is 6.94. The highest BCUT2D eigenvalue weighted by atomic mass is 19.4. The molecule has 1 fully saturated rings. The fourth-order valence-corrected chi connectivity index (χ4v) is 2.36. The molecule has 0 aromatic carbocycles.